The van der Waals surface area contributed by atoms with Crippen molar-refractivity contribution in [2.75, 3.05) is 47.1 Å². The highest BCUT2D eigenvalue weighted by molar-refractivity contribution is 7.46. The Morgan fingerprint density at radius 3 is 2.35 bits per heavy atom. The van der Waals surface area contributed by atoms with E-state index in [0.717, 1.165) is 16.6 Å². The van der Waals surface area contributed by atoms with Crippen molar-refractivity contribution >= 4 is 36.3 Å². The number of benzene rings is 2. The summed E-state index contributed by atoms with van der Waals surface area (Å²) in [6.07, 6.45) is 0.600. The molecule has 46 heavy (non-hydrogen) atoms. The molecule has 0 bridgehead atoms. The van der Waals surface area contributed by atoms with Crippen molar-refractivity contribution in [1.29, 1.82) is 0 Å². The lowest BCUT2D eigenvalue weighted by molar-refractivity contribution is -0.129. The quantitative estimate of drug-likeness (QED) is 0.0640. The van der Waals surface area contributed by atoms with E-state index in [9.17, 15) is 18.9 Å². The number of fused-ring (bicyclic) bond motifs is 1. The molecule has 0 spiro atoms. The molecule has 3 rings (SSSR count). The molecule has 1 heterocycles. The van der Waals surface area contributed by atoms with E-state index in [1.807, 2.05) is 43.4 Å². The van der Waals surface area contributed by atoms with Crippen LogP contribution in [0.3, 0.4) is 0 Å². The highest BCUT2D eigenvalue weighted by Crippen LogP contribution is 2.37. The normalized spacial score (nSPS) is 12.3. The maximum atomic E-state index is 13.2. The van der Waals surface area contributed by atoms with Gasteiger partial charge in [0.15, 0.2) is 0 Å². The van der Waals surface area contributed by atoms with Crippen LogP contribution in [0.1, 0.15) is 31.0 Å². The van der Waals surface area contributed by atoms with Crippen molar-refractivity contribution in [3.63, 3.8) is 0 Å². The van der Waals surface area contributed by atoms with Gasteiger partial charge in [0.1, 0.15) is 17.6 Å². The summed E-state index contributed by atoms with van der Waals surface area (Å²) in [5.41, 5.74) is 5.77. The third kappa shape index (κ3) is 13.0. The summed E-state index contributed by atoms with van der Waals surface area (Å²) in [5.74, 6) is -0.696. The largest absolute Gasteiger partial charge is 0.524 e. The van der Waals surface area contributed by atoms with E-state index in [-0.39, 0.29) is 43.4 Å². The van der Waals surface area contributed by atoms with Gasteiger partial charge in [-0.3, -0.25) is 29.6 Å². The van der Waals surface area contributed by atoms with Gasteiger partial charge in [-0.25, -0.2) is 9.57 Å². The number of ketones is 1. The number of carbonyl (C=O) groups excluding carboxylic acids is 3. The lowest BCUT2D eigenvalue weighted by Crippen LogP contribution is -2.48. The molecule has 0 aliphatic rings. The first kappa shape index (κ1) is 36.8. The number of amides is 2. The first-order valence-electron chi connectivity index (χ1n) is 15.0. The molecular formula is C31H44N5O9P. The second-order valence-electron chi connectivity index (χ2n) is 10.7. The highest BCUT2D eigenvalue weighted by Gasteiger charge is 2.22. The minimum absolute atomic E-state index is 0.0248. The maximum absolute atomic E-state index is 13.2. The van der Waals surface area contributed by atoms with E-state index in [0.29, 0.717) is 44.9 Å². The maximum Gasteiger partial charge on any atom is 0.524 e. The summed E-state index contributed by atoms with van der Waals surface area (Å²) in [6, 6.07) is 15.0. The van der Waals surface area contributed by atoms with Crippen LogP contribution >= 0.6 is 7.82 Å². The van der Waals surface area contributed by atoms with Crippen molar-refractivity contribution in [3.05, 3.63) is 65.9 Å². The summed E-state index contributed by atoms with van der Waals surface area (Å²) < 4.78 is 28.7. The third-order valence-corrected chi connectivity index (χ3v) is 7.44. The Bertz CT molecular complexity index is 1470. The van der Waals surface area contributed by atoms with E-state index >= 15 is 0 Å². The van der Waals surface area contributed by atoms with Gasteiger partial charge in [-0.05, 0) is 49.2 Å². The molecule has 1 aromatic heterocycles. The second-order valence-corrected chi connectivity index (χ2v) is 11.9. The molecular weight excluding hydrogens is 617 g/mol. The first-order valence-corrected chi connectivity index (χ1v) is 16.5. The fraction of sp³-hybridized carbons (Fsp3) is 0.452. The monoisotopic (exact) mass is 661 g/mol. The van der Waals surface area contributed by atoms with Crippen LogP contribution in [-0.4, -0.2) is 90.1 Å². The van der Waals surface area contributed by atoms with Gasteiger partial charge in [-0.15, -0.1) is 0 Å². The molecule has 0 fully saturated rings. The zero-order valence-electron chi connectivity index (χ0n) is 26.4. The lowest BCUT2D eigenvalue weighted by atomic mass is 10.0. The Hall–Kier alpha value is -3.62. The number of aryl methyl sites for hydroxylation is 1. The van der Waals surface area contributed by atoms with Gasteiger partial charge in [-0.2, -0.15) is 0 Å². The molecule has 0 saturated carbocycles. The molecule has 0 aliphatic carbocycles. The number of ether oxygens (including phenoxy) is 2. The van der Waals surface area contributed by atoms with Crippen molar-refractivity contribution in [3.8, 4) is 5.75 Å². The number of carbonyl (C=O) groups is 3. The molecule has 1 atom stereocenters. The Labute approximate surface area is 268 Å². The molecule has 2 amide bonds. The SMILES string of the molecule is CNN(C)Cc1cc2ccccc2n1CCC(=O)N[C@@H](Cc1ccc(OP(=O)(O)O)cc1)C(=O)NCCOCCOCCC(C)=O. The fourth-order valence-electron chi connectivity index (χ4n) is 4.64. The zero-order chi connectivity index (χ0) is 33.5. The third-order valence-electron chi connectivity index (χ3n) is 7.00. The number of Topliss-reactive ketones (excluding diaryl/α,β-unsaturated/α-hetero) is 1. The van der Waals surface area contributed by atoms with E-state index in [1.54, 1.807) is 12.1 Å². The molecule has 5 N–H and O–H groups in total. The molecule has 14 nitrogen and oxygen atoms in total. The van der Waals surface area contributed by atoms with Gasteiger partial charge >= 0.3 is 7.82 Å². The van der Waals surface area contributed by atoms with E-state index in [1.165, 1.54) is 19.1 Å². The van der Waals surface area contributed by atoms with E-state index in [4.69, 9.17) is 19.3 Å². The second kappa shape index (κ2) is 18.5. The van der Waals surface area contributed by atoms with Crippen molar-refractivity contribution < 1.29 is 42.7 Å². The van der Waals surface area contributed by atoms with Gasteiger partial charge in [0.05, 0.1) is 33.0 Å². The molecule has 2 aromatic carbocycles. The van der Waals surface area contributed by atoms with Gasteiger partial charge in [0.2, 0.25) is 11.8 Å². The fourth-order valence-corrected chi connectivity index (χ4v) is 5.04. The van der Waals surface area contributed by atoms with Crippen LogP contribution in [-0.2, 0) is 47.9 Å². The summed E-state index contributed by atoms with van der Waals surface area (Å²) in [7, 11) is -0.950. The predicted octanol–water partition coefficient (Wildman–Crippen LogP) is 1.93. The summed E-state index contributed by atoms with van der Waals surface area (Å²) in [6.45, 7) is 3.90. The minimum atomic E-state index is -4.72. The number of nitrogens with one attached hydrogen (secondary N) is 3. The Morgan fingerprint density at radius 1 is 0.978 bits per heavy atom. The molecule has 0 saturated heterocycles. The van der Waals surface area contributed by atoms with Crippen molar-refractivity contribution in [2.45, 2.75) is 45.3 Å². The standard InChI is InChI=1S/C31H44N5O9P/c1-23(37)13-16-43-18-19-44-17-14-33-31(39)28(20-24-8-10-27(11-9-24)45-46(40,41)42)34-30(38)12-15-36-26(22-35(3)32-2)21-25-6-4-5-7-29(25)36/h4-11,21,28,32H,12-20,22H2,1-3H3,(H,33,39)(H,34,38)(H2,40,41,42)/t28-/m0/s1. The summed E-state index contributed by atoms with van der Waals surface area (Å²) in [5, 5.41) is 8.65. The average Bonchev–Trinajstić information content (AvgIpc) is 3.35. The van der Waals surface area contributed by atoms with E-state index < -0.39 is 19.8 Å². The zero-order valence-corrected chi connectivity index (χ0v) is 27.3. The minimum Gasteiger partial charge on any atom is -0.404 e. The molecule has 0 unspecified atom stereocenters. The number of nitrogens with zero attached hydrogens (tertiary/aromatic N) is 2. The van der Waals surface area contributed by atoms with Gasteiger partial charge in [-0.1, -0.05) is 30.3 Å². The number of rotatable bonds is 21. The first-order chi connectivity index (χ1) is 21.9. The molecule has 15 heteroatoms. The number of hydrogen-bond acceptors (Lipinski definition) is 9. The Kier molecular flexibility index (Phi) is 14.8. The molecule has 0 aliphatic heterocycles. The molecule has 252 valence electrons. The van der Waals surface area contributed by atoms with Crippen LogP contribution in [0, 0.1) is 0 Å². The van der Waals surface area contributed by atoms with E-state index in [2.05, 4.69) is 31.2 Å². The number of hydrogen-bond donors (Lipinski definition) is 5. The van der Waals surface area contributed by atoms with Crippen LogP contribution < -0.4 is 20.6 Å². The van der Waals surface area contributed by atoms with Crippen LogP contribution in [0.25, 0.3) is 10.9 Å². The van der Waals surface area contributed by atoms with Gasteiger partial charge in [0, 0.05) is 50.6 Å². The summed E-state index contributed by atoms with van der Waals surface area (Å²) >= 11 is 0. The van der Waals surface area contributed by atoms with Crippen LogP contribution in [0.2, 0.25) is 0 Å². The highest BCUT2D eigenvalue weighted by atomic mass is 31.2. The lowest BCUT2D eigenvalue weighted by Gasteiger charge is -2.20. The van der Waals surface area contributed by atoms with Crippen molar-refractivity contribution in [1.82, 2.24) is 25.6 Å². The Balaban J connectivity index is 1.62. The van der Waals surface area contributed by atoms with Crippen LogP contribution in [0.15, 0.2) is 54.6 Å². The Morgan fingerprint density at radius 2 is 1.67 bits per heavy atom. The molecule has 0 radical (unpaired) electrons. The van der Waals surface area contributed by atoms with Crippen LogP contribution in [0.4, 0.5) is 0 Å². The smallest absolute Gasteiger partial charge is 0.404 e. The van der Waals surface area contributed by atoms with Gasteiger partial charge in [0.25, 0.3) is 0 Å². The number of phosphoric ester groups is 1. The van der Waals surface area contributed by atoms with Crippen LogP contribution in [0.5, 0.6) is 5.75 Å². The summed E-state index contributed by atoms with van der Waals surface area (Å²) in [4.78, 5) is 55.5. The van der Waals surface area contributed by atoms with Gasteiger partial charge < -0.3 is 29.2 Å². The molecule has 3 aromatic rings. The number of phosphoric acid groups is 1. The number of hydrazine groups is 1. The van der Waals surface area contributed by atoms with Crippen molar-refractivity contribution in [2.24, 2.45) is 0 Å². The number of para-hydroxylation sites is 1. The predicted molar refractivity (Wildman–Crippen MR) is 172 cm³/mol. The topological polar surface area (TPSA) is 181 Å². The average molecular weight is 662 g/mol. The number of aromatic nitrogens is 1.